The maximum absolute atomic E-state index is 11.6. The first-order valence-corrected chi connectivity index (χ1v) is 6.24. The molecule has 0 aliphatic heterocycles. The van der Waals surface area contributed by atoms with Crippen molar-refractivity contribution in [1.29, 1.82) is 0 Å². The van der Waals surface area contributed by atoms with Crippen LogP contribution in [-0.2, 0) is 4.79 Å². The molecule has 1 unspecified atom stereocenters. The van der Waals surface area contributed by atoms with Gasteiger partial charge < -0.3 is 11.1 Å². The van der Waals surface area contributed by atoms with Crippen LogP contribution in [-0.4, -0.2) is 43.0 Å². The van der Waals surface area contributed by atoms with Crippen molar-refractivity contribution in [3.05, 3.63) is 0 Å². The average Bonchev–Trinajstić information content (AvgIpc) is 2.14. The van der Waals surface area contributed by atoms with Gasteiger partial charge in [0.25, 0.3) is 0 Å². The third-order valence-corrected chi connectivity index (χ3v) is 3.28. The van der Waals surface area contributed by atoms with Crippen molar-refractivity contribution in [2.24, 2.45) is 11.7 Å². The zero-order chi connectivity index (χ0) is 12.1. The highest BCUT2D eigenvalue weighted by atomic mass is 16.2. The second-order valence-electron chi connectivity index (χ2n) is 5.17. The summed E-state index contributed by atoms with van der Waals surface area (Å²) in [7, 11) is 2.00. The Morgan fingerprint density at radius 1 is 1.56 bits per heavy atom. The minimum absolute atomic E-state index is 0.125. The number of nitrogens with two attached hydrogens (primary N) is 1. The molecule has 16 heavy (non-hydrogen) atoms. The van der Waals surface area contributed by atoms with Gasteiger partial charge in [0.1, 0.15) is 0 Å². The highest BCUT2D eigenvalue weighted by Gasteiger charge is 2.27. The van der Waals surface area contributed by atoms with Gasteiger partial charge in [-0.1, -0.05) is 6.92 Å². The lowest BCUT2D eigenvalue weighted by Crippen LogP contribution is -2.45. The van der Waals surface area contributed by atoms with Crippen LogP contribution in [0, 0.1) is 5.92 Å². The number of nitrogens with one attached hydrogen (secondary N) is 1. The van der Waals surface area contributed by atoms with Crippen LogP contribution in [0.25, 0.3) is 0 Å². The summed E-state index contributed by atoms with van der Waals surface area (Å²) in [5.74, 6) is 0.817. The largest absolute Gasteiger partial charge is 0.353 e. The Kier molecular flexibility index (Phi) is 5.22. The maximum Gasteiger partial charge on any atom is 0.234 e. The highest BCUT2D eigenvalue weighted by Crippen LogP contribution is 2.25. The summed E-state index contributed by atoms with van der Waals surface area (Å²) >= 11 is 0. The Hall–Kier alpha value is -0.610. The van der Waals surface area contributed by atoms with Gasteiger partial charge in [-0.05, 0) is 39.2 Å². The van der Waals surface area contributed by atoms with Gasteiger partial charge in [-0.3, -0.25) is 9.69 Å². The van der Waals surface area contributed by atoms with E-state index in [9.17, 15) is 4.79 Å². The van der Waals surface area contributed by atoms with Gasteiger partial charge in [-0.15, -0.1) is 0 Å². The van der Waals surface area contributed by atoms with Crippen LogP contribution >= 0.6 is 0 Å². The van der Waals surface area contributed by atoms with Crippen LogP contribution in [0.1, 0.15) is 33.1 Å². The zero-order valence-electron chi connectivity index (χ0n) is 10.7. The first kappa shape index (κ1) is 13.5. The first-order valence-electron chi connectivity index (χ1n) is 6.24. The van der Waals surface area contributed by atoms with Crippen LogP contribution in [0.4, 0.5) is 0 Å². The van der Waals surface area contributed by atoms with Crippen LogP contribution in [0.5, 0.6) is 0 Å². The van der Waals surface area contributed by atoms with Crippen molar-refractivity contribution >= 4 is 5.91 Å². The fourth-order valence-corrected chi connectivity index (χ4v) is 2.11. The van der Waals surface area contributed by atoms with E-state index in [-0.39, 0.29) is 11.9 Å². The Balaban J connectivity index is 2.13. The number of amides is 1. The number of rotatable bonds is 6. The number of carbonyl (C=O) groups is 1. The molecule has 3 N–H and O–H groups in total. The summed E-state index contributed by atoms with van der Waals surface area (Å²) in [6, 6.07) is 0.672. The maximum atomic E-state index is 11.6. The smallest absolute Gasteiger partial charge is 0.234 e. The molecule has 0 aromatic heterocycles. The molecule has 94 valence electrons. The van der Waals surface area contributed by atoms with Gasteiger partial charge in [0.2, 0.25) is 5.91 Å². The van der Waals surface area contributed by atoms with Crippen molar-refractivity contribution in [2.45, 2.75) is 45.2 Å². The molecule has 0 saturated heterocycles. The van der Waals surface area contributed by atoms with Crippen molar-refractivity contribution in [1.82, 2.24) is 10.2 Å². The molecule has 0 aromatic rings. The van der Waals surface area contributed by atoms with E-state index in [0.29, 0.717) is 18.5 Å². The van der Waals surface area contributed by atoms with Crippen molar-refractivity contribution in [3.8, 4) is 0 Å². The molecule has 1 atom stereocenters. The molecule has 0 heterocycles. The van der Waals surface area contributed by atoms with E-state index in [4.69, 9.17) is 5.73 Å². The monoisotopic (exact) mass is 227 g/mol. The van der Waals surface area contributed by atoms with E-state index < -0.39 is 0 Å². The molecule has 1 aliphatic carbocycles. The van der Waals surface area contributed by atoms with Gasteiger partial charge in [-0.2, -0.15) is 0 Å². The summed E-state index contributed by atoms with van der Waals surface area (Å²) in [6.07, 6.45) is 3.20. The fraction of sp³-hybridized carbons (Fsp3) is 0.917. The lowest BCUT2D eigenvalue weighted by atomic mass is 9.81. The van der Waals surface area contributed by atoms with Gasteiger partial charge in [0, 0.05) is 18.6 Å². The van der Waals surface area contributed by atoms with E-state index >= 15 is 0 Å². The number of likely N-dealkylation sites (N-methyl/N-ethyl adjacent to an activating group) is 1. The Labute approximate surface area is 98.6 Å². The second-order valence-corrected chi connectivity index (χ2v) is 5.17. The van der Waals surface area contributed by atoms with Crippen LogP contribution < -0.4 is 11.1 Å². The van der Waals surface area contributed by atoms with Crippen molar-refractivity contribution < 1.29 is 4.79 Å². The lowest BCUT2D eigenvalue weighted by molar-refractivity contribution is -0.122. The second kappa shape index (κ2) is 6.21. The lowest BCUT2D eigenvalue weighted by Gasteiger charge is -2.35. The molecule has 1 aliphatic rings. The molecule has 0 bridgehead atoms. The zero-order valence-corrected chi connectivity index (χ0v) is 10.7. The minimum atomic E-state index is 0.125. The Bertz CT molecular complexity index is 226. The molecular weight excluding hydrogens is 202 g/mol. The number of hydrogen-bond acceptors (Lipinski definition) is 3. The molecule has 1 rings (SSSR count). The standard InChI is InChI=1S/C12H25N3O/c1-4-9(2)14-12(16)8-15(3)7-10-5-11(13)6-10/h9-11H,4-8,13H2,1-3H3,(H,14,16). The van der Waals surface area contributed by atoms with Crippen LogP contribution in [0.15, 0.2) is 0 Å². The SMILES string of the molecule is CCC(C)NC(=O)CN(C)CC1CC(N)C1. The van der Waals surface area contributed by atoms with Crippen molar-refractivity contribution in [3.63, 3.8) is 0 Å². The van der Waals surface area contributed by atoms with E-state index in [0.717, 1.165) is 25.8 Å². The van der Waals surface area contributed by atoms with Gasteiger partial charge >= 0.3 is 0 Å². The molecular formula is C12H25N3O. The summed E-state index contributed by atoms with van der Waals surface area (Å²) in [5.41, 5.74) is 5.73. The summed E-state index contributed by atoms with van der Waals surface area (Å²) in [6.45, 7) is 5.59. The predicted octanol–water partition coefficient (Wildman–Crippen LogP) is 0.570. The third kappa shape index (κ3) is 4.49. The van der Waals surface area contributed by atoms with Crippen molar-refractivity contribution in [2.75, 3.05) is 20.1 Å². The predicted molar refractivity (Wildman–Crippen MR) is 66.1 cm³/mol. The Morgan fingerprint density at radius 2 is 2.19 bits per heavy atom. The first-order chi connectivity index (χ1) is 7.51. The summed E-state index contributed by atoms with van der Waals surface area (Å²) < 4.78 is 0. The Morgan fingerprint density at radius 3 is 2.69 bits per heavy atom. The van der Waals surface area contributed by atoms with Crippen LogP contribution in [0.3, 0.4) is 0 Å². The fourth-order valence-electron chi connectivity index (χ4n) is 2.11. The molecule has 0 radical (unpaired) electrons. The van der Waals surface area contributed by atoms with Gasteiger partial charge in [0.15, 0.2) is 0 Å². The minimum Gasteiger partial charge on any atom is -0.353 e. The van der Waals surface area contributed by atoms with Gasteiger partial charge in [0.05, 0.1) is 6.54 Å². The van der Waals surface area contributed by atoms with E-state index in [1.807, 2.05) is 14.0 Å². The quantitative estimate of drug-likeness (QED) is 0.697. The van der Waals surface area contributed by atoms with Crippen LogP contribution in [0.2, 0.25) is 0 Å². The van der Waals surface area contributed by atoms with E-state index in [2.05, 4.69) is 17.1 Å². The summed E-state index contributed by atoms with van der Waals surface area (Å²) in [5, 5.41) is 2.97. The molecule has 4 nitrogen and oxygen atoms in total. The molecule has 4 heteroatoms. The number of nitrogens with zero attached hydrogens (tertiary/aromatic N) is 1. The van der Waals surface area contributed by atoms with E-state index in [1.165, 1.54) is 0 Å². The third-order valence-electron chi connectivity index (χ3n) is 3.28. The topological polar surface area (TPSA) is 58.4 Å². The summed E-state index contributed by atoms with van der Waals surface area (Å²) in [4.78, 5) is 13.7. The number of carbonyl (C=O) groups excluding carboxylic acids is 1. The molecule has 1 saturated carbocycles. The normalized spacial score (nSPS) is 26.3. The van der Waals surface area contributed by atoms with E-state index in [1.54, 1.807) is 0 Å². The average molecular weight is 227 g/mol. The number of hydrogen-bond donors (Lipinski definition) is 2. The van der Waals surface area contributed by atoms with Gasteiger partial charge in [-0.25, -0.2) is 0 Å². The molecule has 0 spiro atoms. The molecule has 0 aromatic carbocycles. The molecule has 1 fully saturated rings. The highest BCUT2D eigenvalue weighted by molar-refractivity contribution is 5.78. The molecule has 1 amide bonds.